The molecule has 2 nitrogen and oxygen atoms in total. The topological polar surface area (TPSA) is 17.3 Å². The number of fused-ring (bicyclic) bond motifs is 3. The van der Waals surface area contributed by atoms with E-state index in [1.165, 1.54) is 17.8 Å². The molecule has 37 heavy (non-hydrogen) atoms. The molecule has 200 valence electrons. The number of benzene rings is 2. The van der Waals surface area contributed by atoms with Crippen LogP contribution >= 0.6 is 18.6 Å². The van der Waals surface area contributed by atoms with E-state index in [2.05, 4.69) is 113 Å². The summed E-state index contributed by atoms with van der Waals surface area (Å²) < 4.78 is 2.75. The molecule has 3 aliphatic rings. The van der Waals surface area contributed by atoms with Gasteiger partial charge < -0.3 is 17.3 Å². The molecule has 4 atom stereocenters. The van der Waals surface area contributed by atoms with Crippen molar-refractivity contribution in [3.05, 3.63) is 84.6 Å². The molecule has 0 bridgehead atoms. The van der Waals surface area contributed by atoms with Crippen molar-refractivity contribution in [2.75, 3.05) is 4.57 Å². The average Bonchev–Trinajstić information content (AvgIpc) is 3.18. The molecule has 6 heteroatoms. The second-order valence-electron chi connectivity index (χ2n) is 11.7. The Kier molecular flexibility index (Phi) is 10.3. The van der Waals surface area contributed by atoms with Crippen molar-refractivity contribution in [1.82, 2.24) is 0 Å². The fourth-order valence-electron chi connectivity index (χ4n) is 7.13. The van der Waals surface area contributed by atoms with Crippen molar-refractivity contribution in [3.63, 3.8) is 0 Å². The van der Waals surface area contributed by atoms with Crippen LogP contribution in [-0.4, -0.2) is 8.24 Å². The van der Waals surface area contributed by atoms with Gasteiger partial charge in [0.2, 0.25) is 0 Å². The molecule has 2 aliphatic carbocycles. The van der Waals surface area contributed by atoms with Gasteiger partial charge in [0.1, 0.15) is 0 Å². The van der Waals surface area contributed by atoms with Crippen LogP contribution in [0.5, 0.6) is 0 Å². The van der Waals surface area contributed by atoms with Crippen molar-refractivity contribution >= 4 is 49.6 Å². The van der Waals surface area contributed by atoms with E-state index < -0.39 is 25.3 Å². The zero-order valence-corrected chi connectivity index (χ0v) is 27.7. The Morgan fingerprint density at radius 2 is 1.43 bits per heavy atom. The molecule has 0 N–H and O–H groups in total. The Balaban J connectivity index is 0.000000908. The maximum absolute atomic E-state index is 5.03. The van der Waals surface area contributed by atoms with Gasteiger partial charge >= 0.3 is 35.6 Å². The Hall–Kier alpha value is -0.969. The first-order valence-electron chi connectivity index (χ1n) is 13.2. The van der Waals surface area contributed by atoms with E-state index in [4.69, 9.17) is 23.9 Å². The molecule has 2 aromatic rings. The SMILES string of the molecule is CC(C)C1=CC2C(CC(C)C2[Si](C)(C)N2c3ccccc3[N-]c3ccccc32)C(C(C)C)=C1.[CH3-].[Cl][Ti][Cl]. The number of nitrogens with zero attached hydrogens (tertiary/aromatic N) is 2. The van der Waals surface area contributed by atoms with E-state index in [0.717, 1.165) is 11.4 Å². The van der Waals surface area contributed by atoms with Gasteiger partial charge in [-0.3, -0.25) is 0 Å². The van der Waals surface area contributed by atoms with Crippen LogP contribution < -0.4 is 4.57 Å². The molecule has 1 saturated carbocycles. The summed E-state index contributed by atoms with van der Waals surface area (Å²) in [5.41, 5.74) is 8.77. The van der Waals surface area contributed by atoms with E-state index in [0.29, 0.717) is 35.1 Å². The van der Waals surface area contributed by atoms with Crippen LogP contribution in [0.1, 0.15) is 41.0 Å². The summed E-state index contributed by atoms with van der Waals surface area (Å²) in [6.45, 7) is 17.3. The number of allylic oxidation sites excluding steroid dienone is 4. The third kappa shape index (κ3) is 5.82. The van der Waals surface area contributed by atoms with Crippen LogP contribution in [0.15, 0.2) is 71.8 Å². The van der Waals surface area contributed by atoms with Crippen LogP contribution in [0.4, 0.5) is 22.7 Å². The van der Waals surface area contributed by atoms with E-state index in [1.54, 1.807) is 11.1 Å². The third-order valence-corrected chi connectivity index (χ3v) is 12.7. The number of halogens is 2. The van der Waals surface area contributed by atoms with Gasteiger partial charge in [0.15, 0.2) is 8.24 Å². The van der Waals surface area contributed by atoms with E-state index >= 15 is 0 Å². The summed E-state index contributed by atoms with van der Waals surface area (Å²) in [7, 11) is 7.81. The summed E-state index contributed by atoms with van der Waals surface area (Å²) in [5, 5.41) is 5.03. The standard InChI is InChI=1S/C30H39N2Si.CH3.2ClH.Ti/c1-19(2)22-17-23(20(3)4)24-16-21(5)30(25(24)18-22)33(6,7)32-28-14-10-8-12-26(28)31-27-13-9-11-15-29(27)32;;;;/h8-15,17-21,24-25,30H,16H2,1-7H3;1H3;2*1H;/q2*-1;;;+2/p-2. The van der Waals surface area contributed by atoms with Gasteiger partial charge in [-0.15, -0.1) is 11.4 Å². The molecule has 0 saturated heterocycles. The first-order valence-corrected chi connectivity index (χ1v) is 20.5. The molecule has 0 radical (unpaired) electrons. The Morgan fingerprint density at radius 3 is 1.92 bits per heavy atom. The fourth-order valence-corrected chi connectivity index (χ4v) is 11.8. The predicted octanol–water partition coefficient (Wildman–Crippen LogP) is 11.3. The molecule has 1 heterocycles. The van der Waals surface area contributed by atoms with Crippen LogP contribution in [0.3, 0.4) is 0 Å². The number of hydrogen-bond acceptors (Lipinski definition) is 1. The van der Waals surface area contributed by atoms with Crippen molar-refractivity contribution in [2.24, 2.45) is 29.6 Å². The Labute approximate surface area is 243 Å². The summed E-state index contributed by atoms with van der Waals surface area (Å²) in [6, 6.07) is 17.5. The number of para-hydroxylation sites is 4. The van der Waals surface area contributed by atoms with Crippen LogP contribution in [0.25, 0.3) is 5.32 Å². The quantitative estimate of drug-likeness (QED) is 0.256. The molecule has 5 rings (SSSR count). The maximum atomic E-state index is 5.03. The molecule has 0 aromatic heterocycles. The zero-order chi connectivity index (χ0) is 26.2. The normalized spacial score (nSPS) is 23.9. The Morgan fingerprint density at radius 1 is 0.919 bits per heavy atom. The summed E-state index contributed by atoms with van der Waals surface area (Å²) in [6.07, 6.45) is 6.57. The summed E-state index contributed by atoms with van der Waals surface area (Å²) in [5.74, 6) is 3.24. The van der Waals surface area contributed by atoms with Gasteiger partial charge in [0.25, 0.3) is 0 Å². The van der Waals surface area contributed by atoms with Gasteiger partial charge in [0, 0.05) is 11.4 Å². The van der Waals surface area contributed by atoms with Crippen LogP contribution in [-0.2, 0) is 17.0 Å². The second-order valence-corrected chi connectivity index (χ2v) is 18.7. The summed E-state index contributed by atoms with van der Waals surface area (Å²) >= 11 is -0.556. The van der Waals surface area contributed by atoms with E-state index in [1.807, 2.05) is 0 Å². The minimum atomic E-state index is -1.97. The molecule has 0 spiro atoms. The summed E-state index contributed by atoms with van der Waals surface area (Å²) in [4.78, 5) is 0. The van der Waals surface area contributed by atoms with Gasteiger partial charge in [-0.25, -0.2) is 0 Å². The van der Waals surface area contributed by atoms with Crippen molar-refractivity contribution in [3.8, 4) is 0 Å². The molecule has 1 fully saturated rings. The molecule has 0 amide bonds. The van der Waals surface area contributed by atoms with Gasteiger partial charge in [-0.1, -0.05) is 102 Å². The molecular formula is C31H42Cl2N2SiTi-2. The van der Waals surface area contributed by atoms with Crippen LogP contribution in [0.2, 0.25) is 18.6 Å². The monoisotopic (exact) mass is 588 g/mol. The van der Waals surface area contributed by atoms with Crippen molar-refractivity contribution < 1.29 is 17.0 Å². The molecular weight excluding hydrogens is 547 g/mol. The number of anilines is 2. The van der Waals surface area contributed by atoms with Crippen LogP contribution in [0, 0.1) is 37.0 Å². The minimum absolute atomic E-state index is 0. The first-order chi connectivity index (χ1) is 17.1. The van der Waals surface area contributed by atoms with Gasteiger partial charge in [0.05, 0.1) is 0 Å². The molecule has 1 aliphatic heterocycles. The average molecular weight is 590 g/mol. The van der Waals surface area contributed by atoms with Gasteiger partial charge in [-0.2, -0.15) is 0 Å². The van der Waals surface area contributed by atoms with E-state index in [-0.39, 0.29) is 7.43 Å². The third-order valence-electron chi connectivity index (χ3n) is 8.48. The zero-order valence-electron chi connectivity index (χ0n) is 23.6. The Bertz CT molecular complexity index is 1100. The molecule has 4 unspecified atom stereocenters. The second kappa shape index (κ2) is 12.5. The van der Waals surface area contributed by atoms with Crippen molar-refractivity contribution in [2.45, 2.75) is 59.7 Å². The van der Waals surface area contributed by atoms with Gasteiger partial charge in [-0.05, 0) is 59.3 Å². The number of rotatable bonds is 4. The molecule has 2 aromatic carbocycles. The number of hydrogen-bond donors (Lipinski definition) is 0. The van der Waals surface area contributed by atoms with E-state index in [9.17, 15) is 0 Å². The fraction of sp³-hybridized carbons (Fsp3) is 0.452. The predicted molar refractivity (Wildman–Crippen MR) is 164 cm³/mol. The first kappa shape index (κ1) is 30.6. The van der Waals surface area contributed by atoms with Crippen molar-refractivity contribution in [1.29, 1.82) is 0 Å².